The minimum atomic E-state index is -3.70. The molecule has 0 saturated heterocycles. The molecule has 0 saturated carbocycles. The summed E-state index contributed by atoms with van der Waals surface area (Å²) >= 11 is 0. The van der Waals surface area contributed by atoms with Crippen molar-refractivity contribution in [1.82, 2.24) is 4.31 Å². The van der Waals surface area contributed by atoms with Gasteiger partial charge in [-0.25, -0.2) is 8.42 Å². The molecule has 0 spiro atoms. The Kier molecular flexibility index (Phi) is 5.52. The number of nitrogens with zero attached hydrogens (tertiary/aromatic N) is 1. The summed E-state index contributed by atoms with van der Waals surface area (Å²) in [5.41, 5.74) is 7.37. The van der Waals surface area contributed by atoms with Crippen LogP contribution >= 0.6 is 0 Å². The Morgan fingerprint density at radius 3 is 2.55 bits per heavy atom. The predicted molar refractivity (Wildman–Crippen MR) is 78.0 cm³/mol. The molecule has 0 aliphatic rings. The molecule has 0 aliphatic heterocycles. The van der Waals surface area contributed by atoms with Crippen LogP contribution in [0, 0.1) is 13.8 Å². The third kappa shape index (κ3) is 3.49. The van der Waals surface area contributed by atoms with Gasteiger partial charge in [0.25, 0.3) is 0 Å². The molecule has 3 N–H and O–H groups in total. The lowest BCUT2D eigenvalue weighted by Crippen LogP contribution is -2.36. The number of hydrogen-bond donors (Lipinski definition) is 2. The molecule has 0 aliphatic carbocycles. The van der Waals surface area contributed by atoms with Crippen LogP contribution in [-0.4, -0.2) is 51.2 Å². The van der Waals surface area contributed by atoms with Crippen molar-refractivity contribution in [3.8, 4) is 0 Å². The Morgan fingerprint density at radius 2 is 2.00 bits per heavy atom. The highest BCUT2D eigenvalue weighted by molar-refractivity contribution is 7.89. The Labute approximate surface area is 120 Å². The van der Waals surface area contributed by atoms with Gasteiger partial charge in [-0.1, -0.05) is 6.07 Å². The van der Waals surface area contributed by atoms with Crippen LogP contribution in [0.2, 0.25) is 0 Å². The van der Waals surface area contributed by atoms with Crippen LogP contribution in [0.3, 0.4) is 0 Å². The van der Waals surface area contributed by atoms with Gasteiger partial charge in [0.05, 0.1) is 17.6 Å². The van der Waals surface area contributed by atoms with Crippen LogP contribution in [0.4, 0.5) is 5.69 Å². The van der Waals surface area contributed by atoms with E-state index in [2.05, 4.69) is 0 Å². The number of nitrogens with two attached hydrogens (primary N) is 1. The first-order chi connectivity index (χ1) is 9.21. The van der Waals surface area contributed by atoms with E-state index in [4.69, 9.17) is 10.5 Å². The van der Waals surface area contributed by atoms with Gasteiger partial charge in [0.2, 0.25) is 10.0 Å². The van der Waals surface area contributed by atoms with Gasteiger partial charge in [-0.3, -0.25) is 0 Å². The van der Waals surface area contributed by atoms with Gasteiger partial charge in [0, 0.05) is 26.4 Å². The van der Waals surface area contributed by atoms with E-state index < -0.39 is 16.1 Å². The molecule has 0 aromatic heterocycles. The van der Waals surface area contributed by atoms with Crippen LogP contribution in [0.15, 0.2) is 17.0 Å². The van der Waals surface area contributed by atoms with Crippen molar-refractivity contribution in [1.29, 1.82) is 0 Å². The minimum Gasteiger partial charge on any atom is -0.398 e. The van der Waals surface area contributed by atoms with Crippen molar-refractivity contribution in [3.63, 3.8) is 0 Å². The number of nitrogen functional groups attached to an aromatic ring is 1. The van der Waals surface area contributed by atoms with E-state index in [9.17, 15) is 13.5 Å². The van der Waals surface area contributed by atoms with Crippen LogP contribution in [-0.2, 0) is 14.8 Å². The zero-order valence-corrected chi connectivity index (χ0v) is 13.1. The number of methoxy groups -OCH3 is 1. The fourth-order valence-electron chi connectivity index (χ4n) is 2.04. The molecule has 1 atom stereocenters. The van der Waals surface area contributed by atoms with Crippen molar-refractivity contribution in [3.05, 3.63) is 23.3 Å². The van der Waals surface area contributed by atoms with Gasteiger partial charge in [-0.2, -0.15) is 4.31 Å². The number of likely N-dealkylation sites (N-methyl/N-ethyl adjacent to an activating group) is 1. The molecule has 0 radical (unpaired) electrons. The van der Waals surface area contributed by atoms with Gasteiger partial charge >= 0.3 is 0 Å². The molecule has 20 heavy (non-hydrogen) atoms. The molecule has 6 nitrogen and oxygen atoms in total. The van der Waals surface area contributed by atoms with E-state index in [-0.39, 0.29) is 18.0 Å². The molecule has 0 heterocycles. The highest BCUT2D eigenvalue weighted by Gasteiger charge is 2.27. The Bertz CT molecular complexity index is 572. The number of benzene rings is 1. The highest BCUT2D eigenvalue weighted by atomic mass is 32.2. The summed E-state index contributed by atoms with van der Waals surface area (Å²) in [6.45, 7) is 3.44. The predicted octanol–water partition coefficient (Wildman–Crippen LogP) is 0.513. The monoisotopic (exact) mass is 302 g/mol. The summed E-state index contributed by atoms with van der Waals surface area (Å²) < 4.78 is 31.1. The quantitative estimate of drug-likeness (QED) is 0.747. The number of rotatable bonds is 6. The first-order valence-electron chi connectivity index (χ1n) is 6.20. The minimum absolute atomic E-state index is 0.0378. The maximum Gasteiger partial charge on any atom is 0.243 e. The Hall–Kier alpha value is -1.15. The number of aliphatic hydroxyl groups is 1. The lowest BCUT2D eigenvalue weighted by Gasteiger charge is -2.22. The number of anilines is 1. The van der Waals surface area contributed by atoms with Crippen LogP contribution < -0.4 is 5.73 Å². The average Bonchev–Trinajstić information content (AvgIpc) is 2.34. The van der Waals surface area contributed by atoms with Gasteiger partial charge in [-0.15, -0.1) is 0 Å². The summed E-state index contributed by atoms with van der Waals surface area (Å²) in [5, 5.41) is 9.67. The van der Waals surface area contributed by atoms with E-state index in [1.165, 1.54) is 14.2 Å². The molecule has 1 aromatic carbocycles. The number of sulfonamides is 1. The van der Waals surface area contributed by atoms with Gasteiger partial charge in [0.15, 0.2) is 0 Å². The van der Waals surface area contributed by atoms with Gasteiger partial charge in [-0.05, 0) is 31.0 Å². The van der Waals surface area contributed by atoms with E-state index >= 15 is 0 Å². The first kappa shape index (κ1) is 16.9. The van der Waals surface area contributed by atoms with Crippen molar-refractivity contribution in [2.45, 2.75) is 24.8 Å². The maximum atomic E-state index is 12.6. The first-order valence-corrected chi connectivity index (χ1v) is 7.64. The van der Waals surface area contributed by atoms with Crippen molar-refractivity contribution in [2.24, 2.45) is 0 Å². The molecule has 114 valence electrons. The second kappa shape index (κ2) is 6.53. The largest absolute Gasteiger partial charge is 0.398 e. The normalized spacial score (nSPS) is 13.7. The molecular weight excluding hydrogens is 280 g/mol. The molecule has 0 bridgehead atoms. The second-order valence-electron chi connectivity index (χ2n) is 4.82. The molecule has 0 amide bonds. The van der Waals surface area contributed by atoms with E-state index in [0.29, 0.717) is 16.8 Å². The van der Waals surface area contributed by atoms with Crippen LogP contribution in [0.5, 0.6) is 0 Å². The zero-order chi connectivity index (χ0) is 15.5. The van der Waals surface area contributed by atoms with E-state index in [1.54, 1.807) is 26.0 Å². The number of aliphatic hydroxyl groups excluding tert-OH is 1. The van der Waals surface area contributed by atoms with Gasteiger partial charge < -0.3 is 15.6 Å². The summed E-state index contributed by atoms with van der Waals surface area (Å²) in [4.78, 5) is 0.199. The standard InChI is InChI=1S/C13H22N2O4S/c1-9-5-6-12(14)10(2)13(9)20(17,18)15(3)7-11(16)8-19-4/h5-6,11,16H,7-8,14H2,1-4H3. The maximum absolute atomic E-state index is 12.6. The van der Waals surface area contributed by atoms with E-state index in [1.807, 2.05) is 0 Å². The smallest absolute Gasteiger partial charge is 0.243 e. The second-order valence-corrected chi connectivity index (χ2v) is 6.80. The summed E-state index contributed by atoms with van der Waals surface area (Å²) in [6.07, 6.45) is -0.874. The molecule has 1 unspecified atom stereocenters. The van der Waals surface area contributed by atoms with Crippen molar-refractivity contribution in [2.75, 3.05) is 33.0 Å². The van der Waals surface area contributed by atoms with Crippen LogP contribution in [0.25, 0.3) is 0 Å². The summed E-state index contributed by atoms with van der Waals surface area (Å²) in [5.74, 6) is 0. The molecule has 1 aromatic rings. The lowest BCUT2D eigenvalue weighted by molar-refractivity contribution is 0.0554. The SMILES string of the molecule is COCC(O)CN(C)S(=O)(=O)c1c(C)ccc(N)c1C. The third-order valence-electron chi connectivity index (χ3n) is 3.14. The fraction of sp³-hybridized carbons (Fsp3) is 0.538. The summed E-state index contributed by atoms with van der Waals surface area (Å²) in [6, 6.07) is 3.36. The molecule has 0 fully saturated rings. The third-order valence-corrected chi connectivity index (χ3v) is 5.25. The molecule has 1 rings (SSSR count). The van der Waals surface area contributed by atoms with Crippen LogP contribution in [0.1, 0.15) is 11.1 Å². The number of hydrogen-bond acceptors (Lipinski definition) is 5. The topological polar surface area (TPSA) is 92.9 Å². The summed E-state index contributed by atoms with van der Waals surface area (Å²) in [7, 11) is -0.823. The Morgan fingerprint density at radius 1 is 1.40 bits per heavy atom. The molecule has 7 heteroatoms. The lowest BCUT2D eigenvalue weighted by atomic mass is 10.1. The van der Waals surface area contributed by atoms with Crippen molar-refractivity contribution < 1.29 is 18.3 Å². The van der Waals surface area contributed by atoms with E-state index in [0.717, 1.165) is 4.31 Å². The van der Waals surface area contributed by atoms with Crippen molar-refractivity contribution >= 4 is 15.7 Å². The zero-order valence-electron chi connectivity index (χ0n) is 12.3. The molecular formula is C13H22N2O4S. The number of ether oxygens (including phenoxy) is 1. The fourth-order valence-corrected chi connectivity index (χ4v) is 3.69. The highest BCUT2D eigenvalue weighted by Crippen LogP contribution is 2.27. The Balaban J connectivity index is 3.14. The number of aryl methyl sites for hydroxylation is 1. The average molecular weight is 302 g/mol. The van der Waals surface area contributed by atoms with Gasteiger partial charge in [0.1, 0.15) is 0 Å².